The number of allylic oxidation sites excluding steroid dienone is 1. The lowest BCUT2D eigenvalue weighted by Gasteiger charge is -2.21. The average molecular weight is 275 g/mol. The largest absolute Gasteiger partial charge is 0.291 e. The highest BCUT2D eigenvalue weighted by molar-refractivity contribution is 5.80. The topological polar surface area (TPSA) is 3.24 Å². The van der Waals surface area contributed by atoms with Gasteiger partial charge in [0.1, 0.15) is 0 Å². The van der Waals surface area contributed by atoms with Crippen molar-refractivity contribution in [2.75, 3.05) is 6.54 Å². The van der Waals surface area contributed by atoms with Gasteiger partial charge in [0, 0.05) is 19.6 Å². The van der Waals surface area contributed by atoms with Crippen molar-refractivity contribution in [1.82, 2.24) is 4.90 Å². The first-order valence-electron chi connectivity index (χ1n) is 7.47. The van der Waals surface area contributed by atoms with Crippen LogP contribution in [0.15, 0.2) is 72.8 Å². The molecule has 1 aliphatic heterocycles. The summed E-state index contributed by atoms with van der Waals surface area (Å²) >= 11 is 0. The highest BCUT2D eigenvalue weighted by Crippen LogP contribution is 2.30. The van der Waals surface area contributed by atoms with E-state index in [9.17, 15) is 0 Å². The van der Waals surface area contributed by atoms with Crippen LogP contribution in [0.2, 0.25) is 0 Å². The Hall–Kier alpha value is -2.12. The summed E-state index contributed by atoms with van der Waals surface area (Å²) in [5.74, 6) is 0. The standard InChI is InChI=1S/C20H21N/c1-3-18-14-21(13-17-9-5-4-6-10-17)15-19-11-7-8-12-20(19)16(18)2/h3-12H,2,13-15H2,1H3/b18-3+. The summed E-state index contributed by atoms with van der Waals surface area (Å²) in [6, 6.07) is 19.3. The quantitative estimate of drug-likeness (QED) is 0.770. The maximum absolute atomic E-state index is 4.31. The van der Waals surface area contributed by atoms with Gasteiger partial charge in [0.25, 0.3) is 0 Å². The number of nitrogens with zero attached hydrogens (tertiary/aromatic N) is 1. The van der Waals surface area contributed by atoms with Crippen LogP contribution in [0.3, 0.4) is 0 Å². The molecule has 0 N–H and O–H groups in total. The number of rotatable bonds is 2. The third-order valence-corrected chi connectivity index (χ3v) is 4.12. The van der Waals surface area contributed by atoms with Crippen molar-refractivity contribution in [1.29, 1.82) is 0 Å². The predicted octanol–water partition coefficient (Wildman–Crippen LogP) is 4.66. The summed E-state index contributed by atoms with van der Waals surface area (Å²) in [6.45, 7) is 9.32. The van der Waals surface area contributed by atoms with E-state index in [4.69, 9.17) is 0 Å². The number of benzene rings is 2. The van der Waals surface area contributed by atoms with Gasteiger partial charge in [0.2, 0.25) is 0 Å². The molecule has 1 heterocycles. The van der Waals surface area contributed by atoms with Crippen molar-refractivity contribution < 1.29 is 0 Å². The Bertz CT molecular complexity index is 667. The van der Waals surface area contributed by atoms with Gasteiger partial charge in [0.15, 0.2) is 0 Å². The van der Waals surface area contributed by atoms with Gasteiger partial charge in [-0.05, 0) is 34.8 Å². The summed E-state index contributed by atoms with van der Waals surface area (Å²) in [5, 5.41) is 0. The van der Waals surface area contributed by atoms with Crippen LogP contribution in [0.1, 0.15) is 23.6 Å². The van der Waals surface area contributed by atoms with Crippen LogP contribution in [0.5, 0.6) is 0 Å². The Morgan fingerprint density at radius 3 is 2.48 bits per heavy atom. The highest BCUT2D eigenvalue weighted by Gasteiger charge is 2.19. The molecule has 0 aliphatic carbocycles. The Labute approximate surface area is 127 Å². The molecule has 0 atom stereocenters. The van der Waals surface area contributed by atoms with Gasteiger partial charge < -0.3 is 0 Å². The molecular formula is C20H21N. The van der Waals surface area contributed by atoms with E-state index in [0.717, 1.165) is 19.6 Å². The smallest absolute Gasteiger partial charge is 0.0246 e. The maximum Gasteiger partial charge on any atom is 0.0246 e. The molecule has 0 bridgehead atoms. The Morgan fingerprint density at radius 1 is 1.00 bits per heavy atom. The third-order valence-electron chi connectivity index (χ3n) is 4.12. The zero-order valence-electron chi connectivity index (χ0n) is 12.5. The van der Waals surface area contributed by atoms with Gasteiger partial charge in [-0.15, -0.1) is 0 Å². The fraction of sp³-hybridized carbons (Fsp3) is 0.200. The van der Waals surface area contributed by atoms with E-state index in [1.807, 2.05) is 0 Å². The van der Waals surface area contributed by atoms with Crippen molar-refractivity contribution in [2.24, 2.45) is 0 Å². The first kappa shape index (κ1) is 13.8. The molecule has 0 fully saturated rings. The number of hydrogen-bond donors (Lipinski definition) is 0. The van der Waals surface area contributed by atoms with Crippen molar-refractivity contribution in [3.63, 3.8) is 0 Å². The molecule has 3 rings (SSSR count). The van der Waals surface area contributed by atoms with Crippen LogP contribution in [-0.2, 0) is 13.1 Å². The second kappa shape index (κ2) is 6.11. The van der Waals surface area contributed by atoms with Gasteiger partial charge in [-0.2, -0.15) is 0 Å². The second-order valence-corrected chi connectivity index (χ2v) is 5.58. The molecule has 0 spiro atoms. The van der Waals surface area contributed by atoms with E-state index in [1.54, 1.807) is 0 Å². The molecule has 106 valence electrons. The molecule has 1 nitrogen and oxygen atoms in total. The Morgan fingerprint density at radius 2 is 1.71 bits per heavy atom. The summed E-state index contributed by atoms with van der Waals surface area (Å²) in [4.78, 5) is 2.49. The fourth-order valence-corrected chi connectivity index (χ4v) is 2.98. The van der Waals surface area contributed by atoms with Crippen LogP contribution >= 0.6 is 0 Å². The van der Waals surface area contributed by atoms with Gasteiger partial charge in [-0.25, -0.2) is 0 Å². The highest BCUT2D eigenvalue weighted by atomic mass is 15.1. The molecule has 0 radical (unpaired) electrons. The van der Waals surface area contributed by atoms with Crippen LogP contribution in [-0.4, -0.2) is 11.4 Å². The average Bonchev–Trinajstić information content (AvgIpc) is 2.65. The van der Waals surface area contributed by atoms with Gasteiger partial charge in [-0.3, -0.25) is 4.90 Å². The van der Waals surface area contributed by atoms with Crippen molar-refractivity contribution in [2.45, 2.75) is 20.0 Å². The Balaban J connectivity index is 1.92. The van der Waals surface area contributed by atoms with Gasteiger partial charge in [-0.1, -0.05) is 67.3 Å². The van der Waals surface area contributed by atoms with E-state index < -0.39 is 0 Å². The molecule has 2 aromatic rings. The predicted molar refractivity (Wildman–Crippen MR) is 89.8 cm³/mol. The van der Waals surface area contributed by atoms with Crippen molar-refractivity contribution in [3.8, 4) is 0 Å². The van der Waals surface area contributed by atoms with Crippen LogP contribution in [0.4, 0.5) is 0 Å². The van der Waals surface area contributed by atoms with E-state index in [0.29, 0.717) is 0 Å². The first-order valence-corrected chi connectivity index (χ1v) is 7.47. The molecule has 21 heavy (non-hydrogen) atoms. The molecule has 0 saturated heterocycles. The maximum atomic E-state index is 4.31. The minimum atomic E-state index is 0.957. The Kier molecular flexibility index (Phi) is 4.03. The SMILES string of the molecule is C=C1/C(=C/C)CN(Cc2ccccc2)Cc2ccccc21. The van der Waals surface area contributed by atoms with Crippen LogP contribution in [0.25, 0.3) is 5.57 Å². The summed E-state index contributed by atoms with van der Waals surface area (Å²) in [5.41, 5.74) is 6.52. The molecule has 0 saturated carbocycles. The molecule has 1 heteroatoms. The zero-order chi connectivity index (χ0) is 14.7. The summed E-state index contributed by atoms with van der Waals surface area (Å²) < 4.78 is 0. The molecule has 0 amide bonds. The summed E-state index contributed by atoms with van der Waals surface area (Å²) in [6.07, 6.45) is 2.20. The van der Waals surface area contributed by atoms with Crippen LogP contribution in [0, 0.1) is 0 Å². The summed E-state index contributed by atoms with van der Waals surface area (Å²) in [7, 11) is 0. The number of hydrogen-bond acceptors (Lipinski definition) is 1. The van der Waals surface area contributed by atoms with Crippen LogP contribution < -0.4 is 0 Å². The molecule has 1 aliphatic rings. The fourth-order valence-electron chi connectivity index (χ4n) is 2.98. The zero-order valence-corrected chi connectivity index (χ0v) is 12.5. The lowest BCUT2D eigenvalue weighted by molar-refractivity contribution is 0.284. The first-order chi connectivity index (χ1) is 10.3. The molecule has 0 aromatic heterocycles. The monoisotopic (exact) mass is 275 g/mol. The second-order valence-electron chi connectivity index (χ2n) is 5.58. The molecule has 0 unspecified atom stereocenters. The minimum absolute atomic E-state index is 0.957. The van der Waals surface area contributed by atoms with E-state index in [1.165, 1.54) is 27.8 Å². The van der Waals surface area contributed by atoms with Gasteiger partial charge in [0.05, 0.1) is 0 Å². The van der Waals surface area contributed by atoms with Gasteiger partial charge >= 0.3 is 0 Å². The van der Waals surface area contributed by atoms with E-state index in [2.05, 4.69) is 79.1 Å². The lowest BCUT2D eigenvalue weighted by atomic mass is 9.97. The third kappa shape index (κ3) is 2.98. The van der Waals surface area contributed by atoms with Crippen molar-refractivity contribution in [3.05, 3.63) is 89.5 Å². The lowest BCUT2D eigenvalue weighted by Crippen LogP contribution is -2.23. The van der Waals surface area contributed by atoms with E-state index >= 15 is 0 Å². The normalized spacial score (nSPS) is 17.6. The minimum Gasteiger partial charge on any atom is -0.291 e. The molecule has 2 aromatic carbocycles. The number of fused-ring (bicyclic) bond motifs is 1. The van der Waals surface area contributed by atoms with E-state index in [-0.39, 0.29) is 0 Å². The molecular weight excluding hydrogens is 254 g/mol. The van der Waals surface area contributed by atoms with Crippen molar-refractivity contribution >= 4 is 5.57 Å².